The largest absolute Gasteiger partial charge is 0.358 e. The molecule has 1 aromatic carbocycles. The second-order valence-corrected chi connectivity index (χ2v) is 6.29. The molecule has 1 amide bonds. The quantitative estimate of drug-likeness (QED) is 0.828. The number of amides is 1. The van der Waals surface area contributed by atoms with Gasteiger partial charge in [0.05, 0.1) is 0 Å². The van der Waals surface area contributed by atoms with Gasteiger partial charge in [0.15, 0.2) is 0 Å². The number of unbranched alkanes of at least 4 members (excludes halogenated alkanes) is 1. The summed E-state index contributed by atoms with van der Waals surface area (Å²) in [4.78, 5) is 15.7. The van der Waals surface area contributed by atoms with E-state index in [1.54, 1.807) is 0 Å². The van der Waals surface area contributed by atoms with Crippen molar-refractivity contribution in [2.45, 2.75) is 39.0 Å². The van der Waals surface area contributed by atoms with E-state index in [0.717, 1.165) is 49.2 Å². The van der Waals surface area contributed by atoms with Crippen molar-refractivity contribution in [1.29, 1.82) is 0 Å². The Balaban J connectivity index is 1.79. The van der Waals surface area contributed by atoms with E-state index in [9.17, 15) is 4.79 Å². The van der Waals surface area contributed by atoms with Gasteiger partial charge in [-0.25, -0.2) is 0 Å². The lowest BCUT2D eigenvalue weighted by Crippen LogP contribution is -2.34. The predicted octanol–water partition coefficient (Wildman–Crippen LogP) is 3.84. The number of benzene rings is 1. The van der Waals surface area contributed by atoms with Crippen molar-refractivity contribution < 1.29 is 4.79 Å². The fourth-order valence-corrected chi connectivity index (χ4v) is 3.32. The number of H-pyrrole nitrogens is 1. The first-order valence-corrected chi connectivity index (χ1v) is 8.13. The number of aromatic nitrogens is 1. The lowest BCUT2D eigenvalue weighted by atomic mass is 9.86. The Morgan fingerprint density at radius 2 is 2.33 bits per heavy atom. The van der Waals surface area contributed by atoms with Crippen LogP contribution in [-0.2, 0) is 17.6 Å². The highest BCUT2D eigenvalue weighted by atomic mass is 35.5. The van der Waals surface area contributed by atoms with Crippen LogP contribution in [0.15, 0.2) is 18.2 Å². The molecule has 1 atom stereocenters. The van der Waals surface area contributed by atoms with Gasteiger partial charge >= 0.3 is 0 Å². The molecular formula is C17H21ClN2O. The SMILES string of the molecule is CCCCNC(=O)C1CCc2[nH]c3ccc(Cl)cc3c2C1. The molecule has 3 nitrogen and oxygen atoms in total. The monoisotopic (exact) mass is 304 g/mol. The minimum Gasteiger partial charge on any atom is -0.358 e. The fraction of sp³-hybridized carbons (Fsp3) is 0.471. The number of halogens is 1. The van der Waals surface area contributed by atoms with Crippen molar-refractivity contribution in [2.24, 2.45) is 5.92 Å². The van der Waals surface area contributed by atoms with Crippen LogP contribution in [0.2, 0.25) is 5.02 Å². The van der Waals surface area contributed by atoms with Crippen molar-refractivity contribution in [3.05, 3.63) is 34.5 Å². The van der Waals surface area contributed by atoms with E-state index in [0.29, 0.717) is 0 Å². The summed E-state index contributed by atoms with van der Waals surface area (Å²) in [6.07, 6.45) is 4.83. The number of aromatic amines is 1. The average molecular weight is 305 g/mol. The van der Waals surface area contributed by atoms with Crippen LogP contribution in [-0.4, -0.2) is 17.4 Å². The van der Waals surface area contributed by atoms with E-state index in [1.807, 2.05) is 18.2 Å². The fourth-order valence-electron chi connectivity index (χ4n) is 3.15. The Labute approximate surface area is 130 Å². The lowest BCUT2D eigenvalue weighted by molar-refractivity contribution is -0.125. The zero-order chi connectivity index (χ0) is 14.8. The van der Waals surface area contributed by atoms with Gasteiger partial charge in [0.25, 0.3) is 0 Å². The van der Waals surface area contributed by atoms with Gasteiger partial charge in [0.1, 0.15) is 0 Å². The number of hydrogen-bond acceptors (Lipinski definition) is 1. The average Bonchev–Trinajstić information content (AvgIpc) is 2.84. The summed E-state index contributed by atoms with van der Waals surface area (Å²) in [5.74, 6) is 0.290. The summed E-state index contributed by atoms with van der Waals surface area (Å²) in [6, 6.07) is 5.93. The van der Waals surface area contributed by atoms with E-state index in [1.165, 1.54) is 16.6 Å². The number of nitrogens with one attached hydrogen (secondary N) is 2. The number of rotatable bonds is 4. The highest BCUT2D eigenvalue weighted by molar-refractivity contribution is 6.31. The maximum absolute atomic E-state index is 12.3. The van der Waals surface area contributed by atoms with Crippen molar-refractivity contribution in [1.82, 2.24) is 10.3 Å². The summed E-state index contributed by atoms with van der Waals surface area (Å²) in [7, 11) is 0. The molecule has 1 aliphatic carbocycles. The Bertz CT molecular complexity index is 662. The molecule has 3 rings (SSSR count). The molecule has 0 spiro atoms. The third kappa shape index (κ3) is 2.93. The molecule has 0 bridgehead atoms. The maximum Gasteiger partial charge on any atom is 0.223 e. The van der Waals surface area contributed by atoms with Crippen LogP contribution in [0, 0.1) is 5.92 Å². The van der Waals surface area contributed by atoms with E-state index in [-0.39, 0.29) is 11.8 Å². The van der Waals surface area contributed by atoms with Gasteiger partial charge in [-0.3, -0.25) is 4.79 Å². The summed E-state index contributed by atoms with van der Waals surface area (Å²) in [5, 5.41) is 4.98. The third-order valence-electron chi connectivity index (χ3n) is 4.35. The summed E-state index contributed by atoms with van der Waals surface area (Å²) in [6.45, 7) is 2.92. The molecule has 0 fully saturated rings. The number of fused-ring (bicyclic) bond motifs is 3. The molecule has 0 radical (unpaired) electrons. The molecule has 2 aromatic rings. The van der Waals surface area contributed by atoms with E-state index < -0.39 is 0 Å². The smallest absolute Gasteiger partial charge is 0.223 e. The van der Waals surface area contributed by atoms with Gasteiger partial charge in [-0.05, 0) is 49.4 Å². The molecule has 1 heterocycles. The molecule has 112 valence electrons. The first kappa shape index (κ1) is 14.5. The van der Waals surface area contributed by atoms with Crippen molar-refractivity contribution >= 4 is 28.4 Å². The van der Waals surface area contributed by atoms with Gasteiger partial charge in [-0.2, -0.15) is 0 Å². The number of carbonyl (C=O) groups excluding carboxylic acids is 1. The molecule has 1 aliphatic rings. The summed E-state index contributed by atoms with van der Waals surface area (Å²) < 4.78 is 0. The highest BCUT2D eigenvalue weighted by Crippen LogP contribution is 2.33. The minimum absolute atomic E-state index is 0.0901. The van der Waals surface area contributed by atoms with Crippen LogP contribution < -0.4 is 5.32 Å². The first-order chi connectivity index (χ1) is 10.2. The highest BCUT2D eigenvalue weighted by Gasteiger charge is 2.27. The third-order valence-corrected chi connectivity index (χ3v) is 4.59. The second-order valence-electron chi connectivity index (χ2n) is 5.86. The topological polar surface area (TPSA) is 44.9 Å². The summed E-state index contributed by atoms with van der Waals surface area (Å²) in [5.41, 5.74) is 3.66. The Kier molecular flexibility index (Phi) is 4.20. The molecule has 4 heteroatoms. The van der Waals surface area contributed by atoms with Crippen LogP contribution in [0.5, 0.6) is 0 Å². The van der Waals surface area contributed by atoms with Crippen LogP contribution in [0.3, 0.4) is 0 Å². The standard InChI is InChI=1S/C17H21ClN2O/c1-2-3-8-19-17(21)11-4-6-15-13(9-11)14-10-12(18)5-7-16(14)20-15/h5,7,10-11,20H,2-4,6,8-9H2,1H3,(H,19,21). The van der Waals surface area contributed by atoms with Crippen molar-refractivity contribution in [3.63, 3.8) is 0 Å². The van der Waals surface area contributed by atoms with E-state index >= 15 is 0 Å². The number of hydrogen-bond donors (Lipinski definition) is 2. The van der Waals surface area contributed by atoms with Crippen LogP contribution in [0.1, 0.15) is 37.4 Å². The number of carbonyl (C=O) groups is 1. The summed E-state index contributed by atoms with van der Waals surface area (Å²) >= 11 is 6.11. The van der Waals surface area contributed by atoms with E-state index in [2.05, 4.69) is 17.2 Å². The van der Waals surface area contributed by atoms with Gasteiger partial charge in [0, 0.05) is 34.1 Å². The molecule has 1 unspecified atom stereocenters. The van der Waals surface area contributed by atoms with Crippen LogP contribution >= 0.6 is 11.6 Å². The zero-order valence-electron chi connectivity index (χ0n) is 12.3. The molecular weight excluding hydrogens is 284 g/mol. The molecule has 2 N–H and O–H groups in total. The van der Waals surface area contributed by atoms with Crippen molar-refractivity contribution in [3.8, 4) is 0 Å². The molecule has 1 aromatic heterocycles. The molecule has 0 aliphatic heterocycles. The molecule has 21 heavy (non-hydrogen) atoms. The van der Waals surface area contributed by atoms with Gasteiger partial charge in [-0.1, -0.05) is 24.9 Å². The minimum atomic E-state index is 0.0901. The molecule has 0 saturated carbocycles. The zero-order valence-corrected chi connectivity index (χ0v) is 13.1. The maximum atomic E-state index is 12.3. The number of aryl methyl sites for hydroxylation is 1. The Morgan fingerprint density at radius 1 is 1.48 bits per heavy atom. The normalized spacial score (nSPS) is 17.7. The Hall–Kier alpha value is -1.48. The van der Waals surface area contributed by atoms with Crippen molar-refractivity contribution in [2.75, 3.05) is 6.54 Å². The van der Waals surface area contributed by atoms with Crippen LogP contribution in [0.25, 0.3) is 10.9 Å². The Morgan fingerprint density at radius 3 is 3.14 bits per heavy atom. The molecule has 0 saturated heterocycles. The predicted molar refractivity (Wildman–Crippen MR) is 86.7 cm³/mol. The van der Waals surface area contributed by atoms with Gasteiger partial charge in [0.2, 0.25) is 5.91 Å². The lowest BCUT2D eigenvalue weighted by Gasteiger charge is -2.21. The van der Waals surface area contributed by atoms with Gasteiger partial charge < -0.3 is 10.3 Å². The van der Waals surface area contributed by atoms with Gasteiger partial charge in [-0.15, -0.1) is 0 Å². The van der Waals surface area contributed by atoms with E-state index in [4.69, 9.17) is 11.6 Å². The van der Waals surface area contributed by atoms with Crippen LogP contribution in [0.4, 0.5) is 0 Å². The first-order valence-electron chi connectivity index (χ1n) is 7.75. The second kappa shape index (κ2) is 6.10.